The SMILES string of the molecule is CN(C)c1ccc(N2CCN(C(=O)c3ccc(Cl)s3)CC2)nn1. The van der Waals surface area contributed by atoms with Crippen LogP contribution in [-0.4, -0.2) is 61.3 Å². The molecular weight excluding hydrogens is 334 g/mol. The van der Waals surface area contributed by atoms with Gasteiger partial charge in [-0.05, 0) is 24.3 Å². The zero-order valence-electron chi connectivity index (χ0n) is 13.1. The average Bonchev–Trinajstić information content (AvgIpc) is 3.01. The number of carbonyl (C=O) groups is 1. The van der Waals surface area contributed by atoms with Crippen molar-refractivity contribution in [2.45, 2.75) is 0 Å². The molecule has 1 fully saturated rings. The third-order valence-corrected chi connectivity index (χ3v) is 4.99. The van der Waals surface area contributed by atoms with Crippen molar-refractivity contribution < 1.29 is 4.79 Å². The predicted molar refractivity (Wildman–Crippen MR) is 93.8 cm³/mol. The number of piperazine rings is 1. The van der Waals surface area contributed by atoms with Gasteiger partial charge in [0.1, 0.15) is 0 Å². The molecule has 2 aromatic rings. The maximum absolute atomic E-state index is 12.4. The van der Waals surface area contributed by atoms with Gasteiger partial charge in [-0.15, -0.1) is 21.5 Å². The second-order valence-corrected chi connectivity index (χ2v) is 7.24. The minimum Gasteiger partial charge on any atom is -0.361 e. The molecule has 3 rings (SSSR count). The Labute approximate surface area is 144 Å². The molecule has 0 bridgehead atoms. The van der Waals surface area contributed by atoms with Crippen LogP contribution in [0.3, 0.4) is 0 Å². The molecule has 0 aliphatic carbocycles. The summed E-state index contributed by atoms with van der Waals surface area (Å²) in [4.78, 5) is 19.0. The molecule has 0 atom stereocenters. The lowest BCUT2D eigenvalue weighted by atomic mass is 10.3. The van der Waals surface area contributed by atoms with Crippen LogP contribution in [0, 0.1) is 0 Å². The Morgan fingerprint density at radius 2 is 1.87 bits per heavy atom. The largest absolute Gasteiger partial charge is 0.361 e. The van der Waals surface area contributed by atoms with Gasteiger partial charge in [0.15, 0.2) is 11.6 Å². The quantitative estimate of drug-likeness (QED) is 0.848. The fraction of sp³-hybridized carbons (Fsp3) is 0.400. The summed E-state index contributed by atoms with van der Waals surface area (Å²) in [6, 6.07) is 7.47. The molecule has 8 heteroatoms. The topological polar surface area (TPSA) is 52.6 Å². The average molecular weight is 352 g/mol. The van der Waals surface area contributed by atoms with E-state index in [4.69, 9.17) is 11.6 Å². The molecule has 1 saturated heterocycles. The lowest BCUT2D eigenvalue weighted by Gasteiger charge is -2.35. The Kier molecular flexibility index (Phi) is 4.68. The number of hydrogen-bond donors (Lipinski definition) is 0. The minimum absolute atomic E-state index is 0.0515. The van der Waals surface area contributed by atoms with E-state index in [2.05, 4.69) is 15.1 Å². The van der Waals surface area contributed by atoms with Crippen LogP contribution < -0.4 is 9.80 Å². The number of thiophene rings is 1. The van der Waals surface area contributed by atoms with Crippen molar-refractivity contribution in [3.63, 3.8) is 0 Å². The molecule has 0 N–H and O–H groups in total. The smallest absolute Gasteiger partial charge is 0.264 e. The molecule has 0 saturated carbocycles. The molecule has 0 spiro atoms. The van der Waals surface area contributed by atoms with E-state index >= 15 is 0 Å². The van der Waals surface area contributed by atoms with Crippen LogP contribution >= 0.6 is 22.9 Å². The molecule has 6 nitrogen and oxygen atoms in total. The van der Waals surface area contributed by atoms with E-state index in [0.717, 1.165) is 24.7 Å². The van der Waals surface area contributed by atoms with Gasteiger partial charge in [0.05, 0.1) is 9.21 Å². The number of nitrogens with zero attached hydrogens (tertiary/aromatic N) is 5. The van der Waals surface area contributed by atoms with E-state index < -0.39 is 0 Å². The first-order valence-corrected chi connectivity index (χ1v) is 8.54. The molecule has 0 unspecified atom stereocenters. The molecule has 122 valence electrons. The molecule has 0 radical (unpaired) electrons. The first-order valence-electron chi connectivity index (χ1n) is 7.35. The molecule has 2 aromatic heterocycles. The lowest BCUT2D eigenvalue weighted by Crippen LogP contribution is -2.49. The van der Waals surface area contributed by atoms with Gasteiger partial charge in [0.25, 0.3) is 5.91 Å². The summed E-state index contributed by atoms with van der Waals surface area (Å²) >= 11 is 7.23. The fourth-order valence-electron chi connectivity index (χ4n) is 2.45. The van der Waals surface area contributed by atoms with Crippen LogP contribution in [-0.2, 0) is 0 Å². The second-order valence-electron chi connectivity index (χ2n) is 5.53. The van der Waals surface area contributed by atoms with Gasteiger partial charge in [-0.2, -0.15) is 0 Å². The first-order chi connectivity index (χ1) is 11.0. The number of amides is 1. The minimum atomic E-state index is 0.0515. The zero-order valence-corrected chi connectivity index (χ0v) is 14.6. The number of carbonyl (C=O) groups excluding carboxylic acids is 1. The van der Waals surface area contributed by atoms with Crippen molar-refractivity contribution in [2.75, 3.05) is 50.1 Å². The van der Waals surface area contributed by atoms with Crippen molar-refractivity contribution >= 4 is 40.5 Å². The van der Waals surface area contributed by atoms with E-state index in [1.807, 2.05) is 36.0 Å². The fourth-order valence-corrected chi connectivity index (χ4v) is 3.46. The maximum Gasteiger partial charge on any atom is 0.264 e. The van der Waals surface area contributed by atoms with Crippen molar-refractivity contribution in [2.24, 2.45) is 0 Å². The van der Waals surface area contributed by atoms with Crippen molar-refractivity contribution in [3.8, 4) is 0 Å². The standard InChI is InChI=1S/C15H18ClN5OS/c1-19(2)13-5-6-14(18-17-13)20-7-9-21(10-8-20)15(22)11-3-4-12(16)23-11/h3-6H,7-10H2,1-2H3. The van der Waals surface area contributed by atoms with Crippen LogP contribution in [0.25, 0.3) is 0 Å². The van der Waals surface area contributed by atoms with Gasteiger partial charge in [0.2, 0.25) is 0 Å². The van der Waals surface area contributed by atoms with E-state index in [1.54, 1.807) is 12.1 Å². The van der Waals surface area contributed by atoms with Crippen molar-refractivity contribution in [3.05, 3.63) is 33.5 Å². The van der Waals surface area contributed by atoms with Crippen molar-refractivity contribution in [1.82, 2.24) is 15.1 Å². The highest BCUT2D eigenvalue weighted by Gasteiger charge is 2.24. The highest BCUT2D eigenvalue weighted by Crippen LogP contribution is 2.23. The molecule has 1 aliphatic rings. The predicted octanol–water partition coefficient (Wildman–Crippen LogP) is 2.22. The molecule has 3 heterocycles. The van der Waals surface area contributed by atoms with Crippen LogP contribution in [0.2, 0.25) is 4.34 Å². The van der Waals surface area contributed by atoms with Crippen LogP contribution in [0.4, 0.5) is 11.6 Å². The summed E-state index contributed by atoms with van der Waals surface area (Å²) in [5.41, 5.74) is 0. The van der Waals surface area contributed by atoms with Crippen LogP contribution in [0.1, 0.15) is 9.67 Å². The highest BCUT2D eigenvalue weighted by atomic mass is 35.5. The number of anilines is 2. The number of halogens is 1. The van der Waals surface area contributed by atoms with E-state index in [0.29, 0.717) is 22.3 Å². The van der Waals surface area contributed by atoms with Gasteiger partial charge in [-0.1, -0.05) is 11.6 Å². The Hall–Kier alpha value is -1.86. The van der Waals surface area contributed by atoms with Gasteiger partial charge >= 0.3 is 0 Å². The summed E-state index contributed by atoms with van der Waals surface area (Å²) in [7, 11) is 3.87. The lowest BCUT2D eigenvalue weighted by molar-refractivity contribution is 0.0751. The third kappa shape index (κ3) is 3.56. The third-order valence-electron chi connectivity index (χ3n) is 3.77. The Balaban J connectivity index is 1.60. The van der Waals surface area contributed by atoms with Gasteiger partial charge < -0.3 is 14.7 Å². The van der Waals surface area contributed by atoms with Crippen LogP contribution in [0.5, 0.6) is 0 Å². The molecule has 1 aliphatic heterocycles. The van der Waals surface area contributed by atoms with Crippen LogP contribution in [0.15, 0.2) is 24.3 Å². The Morgan fingerprint density at radius 1 is 1.13 bits per heavy atom. The summed E-state index contributed by atoms with van der Waals surface area (Å²) in [5, 5.41) is 8.47. The number of rotatable bonds is 3. The normalized spacial score (nSPS) is 14.9. The van der Waals surface area contributed by atoms with Gasteiger partial charge in [0, 0.05) is 40.3 Å². The van der Waals surface area contributed by atoms with Gasteiger partial charge in [-0.3, -0.25) is 4.79 Å². The molecule has 0 aromatic carbocycles. The molecule has 23 heavy (non-hydrogen) atoms. The Morgan fingerprint density at radius 3 is 2.39 bits per heavy atom. The molecule has 1 amide bonds. The van der Waals surface area contributed by atoms with Gasteiger partial charge in [-0.25, -0.2) is 0 Å². The summed E-state index contributed by atoms with van der Waals surface area (Å²) < 4.78 is 0.642. The van der Waals surface area contributed by atoms with E-state index in [-0.39, 0.29) is 5.91 Å². The number of aromatic nitrogens is 2. The summed E-state index contributed by atoms with van der Waals surface area (Å²) in [6.07, 6.45) is 0. The van der Waals surface area contributed by atoms with Crippen molar-refractivity contribution in [1.29, 1.82) is 0 Å². The summed E-state index contributed by atoms with van der Waals surface area (Å²) in [5.74, 6) is 1.73. The van der Waals surface area contributed by atoms with E-state index in [1.165, 1.54) is 11.3 Å². The Bertz CT molecular complexity index is 679. The number of hydrogen-bond acceptors (Lipinski definition) is 6. The first kappa shape index (κ1) is 16.0. The van der Waals surface area contributed by atoms with E-state index in [9.17, 15) is 4.79 Å². The highest BCUT2D eigenvalue weighted by molar-refractivity contribution is 7.17. The molecular formula is C15H18ClN5OS. The second kappa shape index (κ2) is 6.72. The summed E-state index contributed by atoms with van der Waals surface area (Å²) in [6.45, 7) is 2.85. The monoisotopic (exact) mass is 351 g/mol. The zero-order chi connectivity index (χ0) is 16.4. The maximum atomic E-state index is 12.4.